The first kappa shape index (κ1) is 109. The highest BCUT2D eigenvalue weighted by molar-refractivity contribution is 7.90. The molecule has 0 bridgehead atoms. The fraction of sp³-hybridized carbons (Fsp3) is 0.593. The molecule has 0 spiro atoms. The molecule has 37 nitrogen and oxygen atoms in total. The van der Waals surface area contributed by atoms with Crippen molar-refractivity contribution >= 4 is 78.8 Å². The van der Waals surface area contributed by atoms with Crippen molar-refractivity contribution in [1.29, 1.82) is 0 Å². The van der Waals surface area contributed by atoms with Gasteiger partial charge < -0.3 is 89.8 Å². The number of carbonyl (C=O) groups is 9. The van der Waals surface area contributed by atoms with Crippen LogP contribution in [0.2, 0.25) is 0 Å². The quantitative estimate of drug-likeness (QED) is 0.00872. The Labute approximate surface area is 764 Å². The standard InChI is InChI=1S/C91H136N14O23S2/c1-20-34-128-90(116)102(14)54-68-47-71(100-83(111)62(12)99-85(113)77(92)57(5)6)32-31-64(68)49-91(55-127-43-42-126-41-40-125-39-38-124-37-36-123-35-26-30-75(107)108,105(93-13)86(114)67-45-65(69-50-94-88(95-51-69)129(18,117)118)44-66(46-67)70-52-96-89(97-53-70)130(19,119)120)76(56(3)4)84(112)101-78(58(7)8)87(115)103(15)79(59(9)21-2)73(121-16)48-74(106)104-33-25-29-72(104)81(122-17)60(10)82(110)98-61(11)80(109)63-27-23-22-24-28-63/h20,22-24,27-28,31-32,44-47,50-53,56-62,72-73,76-81,93,109H,1,21,25-26,29-30,33-43,48-49,54-55,92H2,2-19H3,(H,98,110)(H,99,113)(H,100,111)(H,101,112)(H,107,108)/t59-,60+,61+,62-,72-,73+,76?,77-,78?,79?,80+,81+,91?/m0/s1. The molecule has 39 heteroatoms. The van der Waals surface area contributed by atoms with Gasteiger partial charge in [0.15, 0.2) is 0 Å². The molecule has 5 aromatic rings. The third kappa shape index (κ3) is 31.4. The number of ether oxygens (including phenoxy) is 8. The number of aromatic nitrogens is 4. The van der Waals surface area contributed by atoms with Crippen LogP contribution in [0, 0.1) is 35.5 Å². The Bertz CT molecular complexity index is 4680. The molecule has 2 aromatic heterocycles. The van der Waals surface area contributed by atoms with Crippen LogP contribution in [0.25, 0.3) is 22.3 Å². The van der Waals surface area contributed by atoms with Crippen LogP contribution >= 0.6 is 0 Å². The Hall–Kier alpha value is -9.91. The van der Waals surface area contributed by atoms with Crippen LogP contribution in [0.1, 0.15) is 148 Å². The maximum atomic E-state index is 17.0. The van der Waals surface area contributed by atoms with E-state index in [1.807, 2.05) is 19.9 Å². The van der Waals surface area contributed by atoms with Crippen molar-refractivity contribution in [3.8, 4) is 22.3 Å². The van der Waals surface area contributed by atoms with E-state index in [4.69, 9.17) is 48.7 Å². The van der Waals surface area contributed by atoms with Gasteiger partial charge in [-0.25, -0.2) is 47.0 Å². The first-order valence-electron chi connectivity index (χ1n) is 43.8. The maximum absolute atomic E-state index is 17.0. The lowest BCUT2D eigenvalue weighted by molar-refractivity contribution is -0.149. The second kappa shape index (κ2) is 52.4. The molecule has 4 unspecified atom stereocenters. The minimum atomic E-state index is -3.95. The molecule has 130 heavy (non-hydrogen) atoms. The van der Waals surface area contributed by atoms with Gasteiger partial charge in [0.25, 0.3) is 5.91 Å². The lowest BCUT2D eigenvalue weighted by Crippen LogP contribution is -2.69. The SMILES string of the molecule is C=CCOC(=O)N(C)Cc1cc(NC(=O)[C@H](C)NC(=O)[C@@H](N)C(C)C)ccc1CC(COCCOCCOCCOCCOCCCC(=O)O)(C(C(=O)NC(C(=O)N(C)C([C@@H](C)CC)[C@@H](CC(=O)N1CCC[C@H]1[C@H](OC)[C@@H](C)C(=O)N[C@H](C)[C@@H](O)c1ccccc1)OC)C(C)C)C(C)C)N(NC)C(=O)c1cc(-c2cnc(S(C)(=O)=O)nc2)cc(-c2cnc(S(C)(=O)=O)nc2)c1. The topological polar surface area (TPSA) is 487 Å². The van der Waals surface area contributed by atoms with Gasteiger partial charge in [-0.3, -0.25) is 43.4 Å². The Balaban J connectivity index is 1.54. The van der Waals surface area contributed by atoms with Crippen LogP contribution in [0.15, 0.2) is 114 Å². The molecule has 9 N–H and O–H groups in total. The highest BCUT2D eigenvalue weighted by Gasteiger charge is 2.54. The Kier molecular flexibility index (Phi) is 43.8. The van der Waals surface area contributed by atoms with Crippen molar-refractivity contribution in [2.75, 3.05) is 132 Å². The van der Waals surface area contributed by atoms with E-state index in [0.29, 0.717) is 48.9 Å². The van der Waals surface area contributed by atoms with E-state index in [1.165, 1.54) is 93.0 Å². The number of carboxylic acids is 1. The van der Waals surface area contributed by atoms with E-state index in [0.717, 1.165) is 12.5 Å². The number of sulfone groups is 2. The molecule has 3 aromatic carbocycles. The number of carbonyl (C=O) groups excluding carboxylic acids is 8. The Morgan fingerprint density at radius 1 is 0.669 bits per heavy atom. The van der Waals surface area contributed by atoms with Gasteiger partial charge in [0.05, 0.1) is 126 Å². The van der Waals surface area contributed by atoms with Crippen LogP contribution in [0.3, 0.4) is 0 Å². The van der Waals surface area contributed by atoms with Crippen molar-refractivity contribution in [1.82, 2.24) is 61.0 Å². The maximum Gasteiger partial charge on any atom is 0.410 e. The normalized spacial score (nSPS) is 16.1. The highest BCUT2D eigenvalue weighted by atomic mass is 32.2. The van der Waals surface area contributed by atoms with Crippen LogP contribution in [0.5, 0.6) is 0 Å². The summed E-state index contributed by atoms with van der Waals surface area (Å²) in [5, 5.41) is 32.0. The first-order chi connectivity index (χ1) is 61.5. The van der Waals surface area contributed by atoms with Crippen molar-refractivity contribution in [2.45, 2.75) is 198 Å². The number of likely N-dealkylation sites (N-methyl/N-ethyl adjacent to an activating group) is 1. The lowest BCUT2D eigenvalue weighted by atomic mass is 9.71. The van der Waals surface area contributed by atoms with E-state index >= 15 is 19.2 Å². The van der Waals surface area contributed by atoms with Gasteiger partial charge in [-0.1, -0.05) is 118 Å². The van der Waals surface area contributed by atoms with Gasteiger partial charge in [0.2, 0.25) is 65.4 Å². The second-order valence-corrected chi connectivity index (χ2v) is 37.7. The average Bonchev–Trinajstić information content (AvgIpc) is 0.834. The van der Waals surface area contributed by atoms with Crippen molar-refractivity contribution in [2.24, 2.45) is 41.2 Å². The first-order valence-corrected chi connectivity index (χ1v) is 47.5. The zero-order valence-corrected chi connectivity index (χ0v) is 79.8. The molecule has 13 atom stereocenters. The number of hydrogen-bond acceptors (Lipinski definition) is 28. The predicted molar refractivity (Wildman–Crippen MR) is 486 cm³/mol. The number of benzene rings is 3. The van der Waals surface area contributed by atoms with Crippen LogP contribution in [-0.2, 0) is 104 Å². The van der Waals surface area contributed by atoms with Gasteiger partial charge in [-0.15, -0.1) is 0 Å². The largest absolute Gasteiger partial charge is 0.481 e. The number of methoxy groups -OCH3 is 2. The van der Waals surface area contributed by atoms with Gasteiger partial charge >= 0.3 is 12.1 Å². The molecule has 6 rings (SSSR count). The molecular weight excluding hydrogens is 1720 g/mol. The van der Waals surface area contributed by atoms with Crippen molar-refractivity contribution < 1.29 is 108 Å². The summed E-state index contributed by atoms with van der Waals surface area (Å²) in [7, 11) is -0.468. The summed E-state index contributed by atoms with van der Waals surface area (Å²) in [6.07, 6.45) is 5.95. The van der Waals surface area contributed by atoms with E-state index < -0.39 is 168 Å². The number of rotatable bonds is 56. The van der Waals surface area contributed by atoms with E-state index in [1.54, 1.807) is 116 Å². The fourth-order valence-electron chi connectivity index (χ4n) is 15.7. The number of nitrogens with one attached hydrogen (secondary N) is 5. The summed E-state index contributed by atoms with van der Waals surface area (Å²) in [5.74, 6) is -9.59. The Morgan fingerprint density at radius 2 is 1.22 bits per heavy atom. The fourth-order valence-corrected chi connectivity index (χ4v) is 16.7. The van der Waals surface area contributed by atoms with Crippen LogP contribution < -0.4 is 32.4 Å². The zero-order valence-electron chi connectivity index (χ0n) is 78.2. The molecular formula is C91H136N14O23S2. The Morgan fingerprint density at radius 3 is 1.72 bits per heavy atom. The summed E-state index contributed by atoms with van der Waals surface area (Å²) in [6.45, 7) is 23.3. The number of anilines is 1. The number of likely N-dealkylation sites (tertiary alicyclic amines) is 1. The summed E-state index contributed by atoms with van der Waals surface area (Å²) < 4.78 is 98.9. The zero-order chi connectivity index (χ0) is 96.5. The van der Waals surface area contributed by atoms with Crippen LogP contribution in [0.4, 0.5) is 10.5 Å². The van der Waals surface area contributed by atoms with E-state index in [2.05, 4.69) is 53.2 Å². The number of aliphatic carboxylic acids is 1. The van der Waals surface area contributed by atoms with E-state index in [-0.39, 0.29) is 143 Å². The van der Waals surface area contributed by atoms with Crippen molar-refractivity contribution in [3.63, 3.8) is 0 Å². The minimum Gasteiger partial charge on any atom is -0.481 e. The monoisotopic (exact) mass is 1860 g/mol. The number of aliphatic hydroxyl groups excluding tert-OH is 1. The molecule has 1 aliphatic rings. The summed E-state index contributed by atoms with van der Waals surface area (Å²) >= 11 is 0. The second-order valence-electron chi connectivity index (χ2n) is 33.9. The smallest absolute Gasteiger partial charge is 0.410 e. The summed E-state index contributed by atoms with van der Waals surface area (Å²) in [6, 6.07) is 12.7. The van der Waals surface area contributed by atoms with Crippen LogP contribution in [-0.4, -0.2) is 301 Å². The molecule has 1 aliphatic heterocycles. The third-order valence-corrected chi connectivity index (χ3v) is 24.7. The number of hydrazine groups is 1. The number of hydrogen-bond donors (Lipinski definition) is 8. The molecule has 8 amide bonds. The number of carboxylic acid groups (broad SMARTS) is 1. The third-order valence-electron chi connectivity index (χ3n) is 22.9. The average molecular weight is 1860 g/mol. The number of nitrogens with zero attached hydrogens (tertiary/aromatic N) is 8. The van der Waals surface area contributed by atoms with Gasteiger partial charge in [0, 0.05) is 128 Å². The van der Waals surface area contributed by atoms with Gasteiger partial charge in [-0.05, 0) is 115 Å². The molecule has 0 aliphatic carbocycles. The molecule has 720 valence electrons. The highest BCUT2D eigenvalue weighted by Crippen LogP contribution is 2.40. The van der Waals surface area contributed by atoms with Crippen molar-refractivity contribution in [3.05, 3.63) is 126 Å². The summed E-state index contributed by atoms with van der Waals surface area (Å²) in [4.78, 5) is 153. The lowest BCUT2D eigenvalue weighted by Gasteiger charge is -2.49. The number of aliphatic hydroxyl groups is 1. The molecule has 1 saturated heterocycles. The minimum absolute atomic E-state index is 0.0152. The van der Waals surface area contributed by atoms with Gasteiger partial charge in [-0.2, -0.15) is 0 Å². The molecule has 0 saturated carbocycles. The molecule has 0 radical (unpaired) electrons. The van der Waals surface area contributed by atoms with Gasteiger partial charge in [0.1, 0.15) is 18.7 Å². The summed E-state index contributed by atoms with van der Waals surface area (Å²) in [5.41, 5.74) is 9.38. The number of amides is 8. The number of nitrogens with two attached hydrogens (primary N) is 1. The molecule has 3 heterocycles. The van der Waals surface area contributed by atoms with E-state index in [9.17, 15) is 45.9 Å². The predicted octanol–water partition coefficient (Wildman–Crippen LogP) is 6.67. The molecule has 1 fully saturated rings.